The SMILES string of the molecule is Cc1cc2c(N(C)Cc3cccc(C#N)c3)ncnc2s1. The second-order valence-electron chi connectivity index (χ2n) is 4.94. The average Bonchev–Trinajstić information content (AvgIpc) is 2.87. The van der Waals surface area contributed by atoms with E-state index in [9.17, 15) is 0 Å². The third kappa shape index (κ3) is 2.71. The first-order valence-electron chi connectivity index (χ1n) is 6.58. The fraction of sp³-hybridized carbons (Fsp3) is 0.188. The van der Waals surface area contributed by atoms with Crippen molar-refractivity contribution >= 4 is 27.4 Å². The zero-order valence-corrected chi connectivity index (χ0v) is 12.7. The molecule has 0 saturated carbocycles. The first-order chi connectivity index (χ1) is 10.2. The summed E-state index contributed by atoms with van der Waals surface area (Å²) >= 11 is 1.68. The number of aromatic nitrogens is 2. The van der Waals surface area contributed by atoms with Crippen LogP contribution in [-0.4, -0.2) is 17.0 Å². The molecule has 0 bridgehead atoms. The van der Waals surface area contributed by atoms with E-state index >= 15 is 0 Å². The normalized spacial score (nSPS) is 10.5. The van der Waals surface area contributed by atoms with Crippen molar-refractivity contribution in [3.05, 3.63) is 52.7 Å². The monoisotopic (exact) mass is 294 g/mol. The third-order valence-corrected chi connectivity index (χ3v) is 4.23. The zero-order valence-electron chi connectivity index (χ0n) is 11.9. The molecule has 1 aromatic carbocycles. The Morgan fingerprint density at radius 1 is 1.29 bits per heavy atom. The Labute approximate surface area is 127 Å². The topological polar surface area (TPSA) is 52.8 Å². The molecular weight excluding hydrogens is 280 g/mol. The molecule has 0 fully saturated rings. The van der Waals surface area contributed by atoms with Crippen LogP contribution in [0.15, 0.2) is 36.7 Å². The summed E-state index contributed by atoms with van der Waals surface area (Å²) in [7, 11) is 2.01. The summed E-state index contributed by atoms with van der Waals surface area (Å²) in [6.45, 7) is 2.78. The molecule has 2 heterocycles. The summed E-state index contributed by atoms with van der Waals surface area (Å²) in [6, 6.07) is 11.9. The van der Waals surface area contributed by atoms with Gasteiger partial charge in [-0.25, -0.2) is 9.97 Å². The predicted octanol–water partition coefficient (Wildman–Crippen LogP) is 3.51. The summed E-state index contributed by atoms with van der Waals surface area (Å²) in [5.74, 6) is 0.923. The Bertz CT molecular complexity index is 832. The number of thiophene rings is 1. The van der Waals surface area contributed by atoms with E-state index in [1.807, 2.05) is 31.3 Å². The van der Waals surface area contributed by atoms with Gasteiger partial charge < -0.3 is 4.90 Å². The molecule has 104 valence electrons. The summed E-state index contributed by atoms with van der Waals surface area (Å²) in [4.78, 5) is 13.1. The number of nitriles is 1. The second-order valence-corrected chi connectivity index (χ2v) is 6.18. The van der Waals surface area contributed by atoms with Gasteiger partial charge in [-0.05, 0) is 30.7 Å². The van der Waals surface area contributed by atoms with Gasteiger partial charge in [0.25, 0.3) is 0 Å². The minimum absolute atomic E-state index is 0.681. The molecule has 0 aliphatic heterocycles. The first-order valence-corrected chi connectivity index (χ1v) is 7.40. The number of nitrogens with zero attached hydrogens (tertiary/aromatic N) is 4. The summed E-state index contributed by atoms with van der Waals surface area (Å²) in [5, 5.41) is 10.1. The molecule has 0 amide bonds. The van der Waals surface area contributed by atoms with Gasteiger partial charge in [-0.15, -0.1) is 11.3 Å². The Morgan fingerprint density at radius 3 is 2.95 bits per heavy atom. The van der Waals surface area contributed by atoms with Crippen LogP contribution in [0.5, 0.6) is 0 Å². The molecule has 3 rings (SSSR count). The number of anilines is 1. The highest BCUT2D eigenvalue weighted by Gasteiger charge is 2.11. The fourth-order valence-electron chi connectivity index (χ4n) is 2.36. The molecule has 0 aliphatic carbocycles. The van der Waals surface area contributed by atoms with Crippen LogP contribution in [0, 0.1) is 18.3 Å². The Morgan fingerprint density at radius 2 is 2.14 bits per heavy atom. The molecule has 21 heavy (non-hydrogen) atoms. The highest BCUT2D eigenvalue weighted by molar-refractivity contribution is 7.18. The summed E-state index contributed by atoms with van der Waals surface area (Å²) in [5.41, 5.74) is 1.77. The predicted molar refractivity (Wildman–Crippen MR) is 85.4 cm³/mol. The number of rotatable bonds is 3. The molecule has 0 aliphatic rings. The van der Waals surface area contributed by atoms with Crippen LogP contribution in [0.25, 0.3) is 10.2 Å². The number of benzene rings is 1. The zero-order chi connectivity index (χ0) is 14.8. The number of hydrogen-bond acceptors (Lipinski definition) is 5. The minimum atomic E-state index is 0.681. The molecule has 4 nitrogen and oxygen atoms in total. The smallest absolute Gasteiger partial charge is 0.140 e. The summed E-state index contributed by atoms with van der Waals surface area (Å²) in [6.07, 6.45) is 1.61. The maximum atomic E-state index is 8.97. The largest absolute Gasteiger partial charge is 0.355 e. The van der Waals surface area contributed by atoms with Crippen molar-refractivity contribution in [3.8, 4) is 6.07 Å². The highest BCUT2D eigenvalue weighted by atomic mass is 32.1. The fourth-order valence-corrected chi connectivity index (χ4v) is 3.20. The standard InChI is InChI=1S/C16H14N4S/c1-11-6-14-15(18-10-19-16(14)21-11)20(2)9-13-5-3-4-12(7-13)8-17/h3-7,10H,9H2,1-2H3. The molecule has 2 aromatic heterocycles. The van der Waals surface area contributed by atoms with Crippen molar-refractivity contribution in [3.63, 3.8) is 0 Å². The van der Waals surface area contributed by atoms with Crippen LogP contribution in [0.4, 0.5) is 5.82 Å². The van der Waals surface area contributed by atoms with Crippen molar-refractivity contribution < 1.29 is 0 Å². The van der Waals surface area contributed by atoms with Crippen molar-refractivity contribution in [1.82, 2.24) is 9.97 Å². The molecule has 0 spiro atoms. The van der Waals surface area contributed by atoms with Crippen LogP contribution in [0.1, 0.15) is 16.0 Å². The maximum Gasteiger partial charge on any atom is 0.140 e. The number of hydrogen-bond donors (Lipinski definition) is 0. The van der Waals surface area contributed by atoms with Crippen LogP contribution in [0.3, 0.4) is 0 Å². The van der Waals surface area contributed by atoms with Crippen LogP contribution < -0.4 is 4.90 Å². The van der Waals surface area contributed by atoms with Crippen LogP contribution in [0.2, 0.25) is 0 Å². The van der Waals surface area contributed by atoms with E-state index in [0.717, 1.165) is 21.6 Å². The molecule has 5 heteroatoms. The Kier molecular flexibility index (Phi) is 3.55. The molecule has 0 atom stereocenters. The van der Waals surface area contributed by atoms with E-state index < -0.39 is 0 Å². The van der Waals surface area contributed by atoms with Gasteiger partial charge in [0.15, 0.2) is 0 Å². The van der Waals surface area contributed by atoms with E-state index in [2.05, 4.69) is 33.9 Å². The molecular formula is C16H14N4S. The summed E-state index contributed by atoms with van der Waals surface area (Å²) < 4.78 is 0. The first kappa shape index (κ1) is 13.5. The van der Waals surface area contributed by atoms with E-state index in [0.29, 0.717) is 12.1 Å². The van der Waals surface area contributed by atoms with Gasteiger partial charge in [0.05, 0.1) is 17.0 Å². The van der Waals surface area contributed by atoms with Crippen molar-refractivity contribution in [2.24, 2.45) is 0 Å². The van der Waals surface area contributed by atoms with Gasteiger partial charge in [-0.2, -0.15) is 5.26 Å². The highest BCUT2D eigenvalue weighted by Crippen LogP contribution is 2.29. The van der Waals surface area contributed by atoms with Crippen LogP contribution >= 0.6 is 11.3 Å². The Balaban J connectivity index is 1.93. The lowest BCUT2D eigenvalue weighted by molar-refractivity contribution is 0.900. The van der Waals surface area contributed by atoms with E-state index in [1.165, 1.54) is 4.88 Å². The second kappa shape index (κ2) is 5.51. The molecule has 3 aromatic rings. The lowest BCUT2D eigenvalue weighted by Gasteiger charge is -2.18. The molecule has 0 N–H and O–H groups in total. The van der Waals surface area contributed by atoms with Crippen molar-refractivity contribution in [2.75, 3.05) is 11.9 Å². The van der Waals surface area contributed by atoms with Crippen LogP contribution in [-0.2, 0) is 6.54 Å². The van der Waals surface area contributed by atoms with Crippen molar-refractivity contribution in [1.29, 1.82) is 5.26 Å². The lowest BCUT2D eigenvalue weighted by atomic mass is 10.1. The van der Waals surface area contributed by atoms with E-state index in [1.54, 1.807) is 17.7 Å². The average molecular weight is 294 g/mol. The maximum absolute atomic E-state index is 8.97. The minimum Gasteiger partial charge on any atom is -0.355 e. The molecule has 0 unspecified atom stereocenters. The third-order valence-electron chi connectivity index (χ3n) is 3.27. The lowest BCUT2D eigenvalue weighted by Crippen LogP contribution is -2.18. The van der Waals surface area contributed by atoms with Gasteiger partial charge in [0, 0.05) is 18.5 Å². The Hall–Kier alpha value is -2.45. The quantitative estimate of drug-likeness (QED) is 0.742. The van der Waals surface area contributed by atoms with Gasteiger partial charge in [-0.3, -0.25) is 0 Å². The van der Waals surface area contributed by atoms with E-state index in [-0.39, 0.29) is 0 Å². The molecule has 0 radical (unpaired) electrons. The van der Waals surface area contributed by atoms with Gasteiger partial charge in [0.1, 0.15) is 17.0 Å². The van der Waals surface area contributed by atoms with Gasteiger partial charge >= 0.3 is 0 Å². The van der Waals surface area contributed by atoms with E-state index in [4.69, 9.17) is 5.26 Å². The van der Waals surface area contributed by atoms with Gasteiger partial charge in [0.2, 0.25) is 0 Å². The van der Waals surface area contributed by atoms with Crippen molar-refractivity contribution in [2.45, 2.75) is 13.5 Å². The van der Waals surface area contributed by atoms with Gasteiger partial charge in [-0.1, -0.05) is 12.1 Å². The molecule has 0 saturated heterocycles. The number of fused-ring (bicyclic) bond motifs is 1. The number of aryl methyl sites for hydroxylation is 1.